The molecule has 0 bridgehead atoms. The zero-order valence-electron chi connectivity index (χ0n) is 12.7. The van der Waals surface area contributed by atoms with Gasteiger partial charge in [-0.15, -0.1) is 0 Å². The first kappa shape index (κ1) is 15.7. The molecule has 23 heavy (non-hydrogen) atoms. The number of anilines is 1. The van der Waals surface area contributed by atoms with Crippen LogP contribution in [0.3, 0.4) is 0 Å². The van der Waals surface area contributed by atoms with E-state index in [-0.39, 0.29) is 5.91 Å². The van der Waals surface area contributed by atoms with Crippen LogP contribution >= 0.6 is 15.9 Å². The third kappa shape index (κ3) is 3.99. The maximum atomic E-state index is 12.0. The minimum Gasteiger partial charge on any atom is -0.372 e. The maximum absolute atomic E-state index is 12.0. The van der Waals surface area contributed by atoms with Gasteiger partial charge in [0.25, 0.3) is 5.91 Å². The predicted octanol–water partition coefficient (Wildman–Crippen LogP) is 3.81. The molecule has 0 spiro atoms. The summed E-state index contributed by atoms with van der Waals surface area (Å²) in [4.78, 5) is 14.4. The number of hydrazone groups is 1. The summed E-state index contributed by atoms with van der Waals surface area (Å²) in [6.45, 7) is 2.27. The van der Waals surface area contributed by atoms with E-state index in [0.717, 1.165) is 23.1 Å². The molecule has 1 N–H and O–H groups in total. The molecule has 5 heteroatoms. The number of hydrogen-bond donors (Lipinski definition) is 1. The highest BCUT2D eigenvalue weighted by atomic mass is 79.9. The number of carbonyl (C=O) groups excluding carboxylic acids is 1. The van der Waals surface area contributed by atoms with E-state index >= 15 is 0 Å². The summed E-state index contributed by atoms with van der Waals surface area (Å²) >= 11 is 3.36. The number of halogens is 1. The molecule has 2 aromatic rings. The molecule has 4 nitrogen and oxygen atoms in total. The highest BCUT2D eigenvalue weighted by Crippen LogP contribution is 2.20. The van der Waals surface area contributed by atoms with Gasteiger partial charge >= 0.3 is 0 Å². The molecule has 0 unspecified atom stereocenters. The second-order valence-electron chi connectivity index (χ2n) is 5.46. The third-order valence-electron chi connectivity index (χ3n) is 3.86. The number of benzene rings is 2. The van der Waals surface area contributed by atoms with E-state index < -0.39 is 0 Å². The Morgan fingerprint density at radius 2 is 1.78 bits per heavy atom. The summed E-state index contributed by atoms with van der Waals surface area (Å²) < 4.78 is 0.752. The number of amides is 1. The van der Waals surface area contributed by atoms with Crippen molar-refractivity contribution in [1.82, 2.24) is 5.43 Å². The Kier molecular flexibility index (Phi) is 5.08. The molecular weight excluding hydrogens is 354 g/mol. The normalized spacial score (nSPS) is 14.4. The second kappa shape index (κ2) is 7.42. The number of nitrogens with one attached hydrogen (secondary N) is 1. The zero-order chi connectivity index (χ0) is 16.1. The van der Waals surface area contributed by atoms with E-state index in [4.69, 9.17) is 0 Å². The Bertz CT molecular complexity index is 706. The van der Waals surface area contributed by atoms with E-state index in [2.05, 4.69) is 43.5 Å². The van der Waals surface area contributed by atoms with Crippen molar-refractivity contribution in [3.8, 4) is 0 Å². The van der Waals surface area contributed by atoms with Crippen LogP contribution in [0.15, 0.2) is 58.1 Å². The fourth-order valence-electron chi connectivity index (χ4n) is 2.62. The van der Waals surface area contributed by atoms with Crippen molar-refractivity contribution in [3.63, 3.8) is 0 Å². The lowest BCUT2D eigenvalue weighted by Crippen LogP contribution is -2.18. The van der Waals surface area contributed by atoms with Crippen molar-refractivity contribution in [3.05, 3.63) is 64.1 Å². The lowest BCUT2D eigenvalue weighted by Gasteiger charge is -2.17. The average molecular weight is 372 g/mol. The molecule has 0 atom stereocenters. The van der Waals surface area contributed by atoms with Crippen LogP contribution in [0.25, 0.3) is 0 Å². The van der Waals surface area contributed by atoms with Crippen molar-refractivity contribution < 1.29 is 4.79 Å². The molecule has 1 heterocycles. The van der Waals surface area contributed by atoms with Crippen LogP contribution < -0.4 is 10.3 Å². The molecule has 1 saturated heterocycles. The largest absolute Gasteiger partial charge is 0.372 e. The van der Waals surface area contributed by atoms with Crippen molar-refractivity contribution in [2.45, 2.75) is 12.8 Å². The standard InChI is InChI=1S/C18H18BrN3O/c19-17-6-2-1-5-16(17)18(23)21-20-13-14-7-9-15(10-8-14)22-11-3-4-12-22/h1-2,5-10,13H,3-4,11-12H2,(H,21,23)/b20-13-. The van der Waals surface area contributed by atoms with Gasteiger partial charge in [0.05, 0.1) is 11.8 Å². The predicted molar refractivity (Wildman–Crippen MR) is 97.1 cm³/mol. The SMILES string of the molecule is O=C(N/N=C\c1ccc(N2CCCC2)cc1)c1ccccc1Br. The monoisotopic (exact) mass is 371 g/mol. The number of rotatable bonds is 4. The van der Waals surface area contributed by atoms with Gasteiger partial charge in [0.2, 0.25) is 0 Å². The molecule has 1 aliphatic heterocycles. The molecule has 0 aliphatic carbocycles. The van der Waals surface area contributed by atoms with Gasteiger partial charge in [-0.05, 0) is 58.6 Å². The molecule has 1 fully saturated rings. The van der Waals surface area contributed by atoms with E-state index in [9.17, 15) is 4.79 Å². The van der Waals surface area contributed by atoms with Crippen molar-refractivity contribution >= 4 is 33.7 Å². The van der Waals surface area contributed by atoms with Crippen molar-refractivity contribution in [1.29, 1.82) is 0 Å². The second-order valence-corrected chi connectivity index (χ2v) is 6.32. The average Bonchev–Trinajstić information content (AvgIpc) is 3.10. The van der Waals surface area contributed by atoms with Gasteiger partial charge in [-0.1, -0.05) is 24.3 Å². The summed E-state index contributed by atoms with van der Waals surface area (Å²) in [5.41, 5.74) is 5.32. The highest BCUT2D eigenvalue weighted by molar-refractivity contribution is 9.10. The summed E-state index contributed by atoms with van der Waals surface area (Å²) in [6.07, 6.45) is 4.19. The Labute approximate surface area is 144 Å². The quantitative estimate of drug-likeness (QED) is 0.655. The summed E-state index contributed by atoms with van der Waals surface area (Å²) in [6, 6.07) is 15.5. The Morgan fingerprint density at radius 3 is 2.48 bits per heavy atom. The summed E-state index contributed by atoms with van der Waals surface area (Å²) in [5, 5.41) is 4.03. The molecule has 0 aromatic heterocycles. The summed E-state index contributed by atoms with van der Waals surface area (Å²) in [5.74, 6) is -0.234. The lowest BCUT2D eigenvalue weighted by atomic mass is 10.2. The van der Waals surface area contributed by atoms with Gasteiger partial charge in [0.15, 0.2) is 0 Å². The van der Waals surface area contributed by atoms with Gasteiger partial charge in [-0.25, -0.2) is 5.43 Å². The van der Waals surface area contributed by atoms with Gasteiger partial charge in [-0.3, -0.25) is 4.79 Å². The fraction of sp³-hybridized carbons (Fsp3) is 0.222. The summed E-state index contributed by atoms with van der Waals surface area (Å²) in [7, 11) is 0. The van der Waals surface area contributed by atoms with E-state index in [0.29, 0.717) is 5.56 Å². The van der Waals surface area contributed by atoms with Crippen LogP contribution in [-0.2, 0) is 0 Å². The van der Waals surface area contributed by atoms with E-state index in [1.54, 1.807) is 12.3 Å². The number of nitrogens with zero attached hydrogens (tertiary/aromatic N) is 2. The molecule has 0 radical (unpaired) electrons. The molecule has 3 rings (SSSR count). The van der Waals surface area contributed by atoms with E-state index in [1.165, 1.54) is 18.5 Å². The van der Waals surface area contributed by atoms with Gasteiger partial charge < -0.3 is 4.90 Å². The Balaban J connectivity index is 1.59. The van der Waals surface area contributed by atoms with Crippen LogP contribution in [0, 0.1) is 0 Å². The maximum Gasteiger partial charge on any atom is 0.272 e. The Morgan fingerprint density at radius 1 is 1.09 bits per heavy atom. The van der Waals surface area contributed by atoms with E-state index in [1.807, 2.05) is 30.3 Å². The van der Waals surface area contributed by atoms with Crippen molar-refractivity contribution in [2.24, 2.45) is 5.10 Å². The van der Waals surface area contributed by atoms with Crippen LogP contribution in [0.1, 0.15) is 28.8 Å². The van der Waals surface area contributed by atoms with Crippen LogP contribution in [-0.4, -0.2) is 25.2 Å². The van der Waals surface area contributed by atoms with Gasteiger partial charge in [0, 0.05) is 23.2 Å². The molecule has 0 saturated carbocycles. The first-order valence-corrected chi connectivity index (χ1v) is 8.46. The fourth-order valence-corrected chi connectivity index (χ4v) is 3.08. The molecule has 1 aliphatic rings. The number of hydrogen-bond acceptors (Lipinski definition) is 3. The molecule has 118 valence electrons. The molecule has 1 amide bonds. The van der Waals surface area contributed by atoms with Gasteiger partial charge in [-0.2, -0.15) is 5.10 Å². The first-order chi connectivity index (χ1) is 11.2. The van der Waals surface area contributed by atoms with Crippen molar-refractivity contribution in [2.75, 3.05) is 18.0 Å². The topological polar surface area (TPSA) is 44.7 Å². The van der Waals surface area contributed by atoms with Gasteiger partial charge in [0.1, 0.15) is 0 Å². The minimum absolute atomic E-state index is 0.234. The smallest absolute Gasteiger partial charge is 0.272 e. The first-order valence-electron chi connectivity index (χ1n) is 7.67. The van der Waals surface area contributed by atoms with Crippen LogP contribution in [0.4, 0.5) is 5.69 Å². The third-order valence-corrected chi connectivity index (χ3v) is 4.55. The molecule has 2 aromatic carbocycles. The molecular formula is C18H18BrN3O. The van der Waals surface area contributed by atoms with Crippen LogP contribution in [0.2, 0.25) is 0 Å². The van der Waals surface area contributed by atoms with Crippen LogP contribution in [0.5, 0.6) is 0 Å². The minimum atomic E-state index is -0.234. The zero-order valence-corrected chi connectivity index (χ0v) is 14.3. The lowest BCUT2D eigenvalue weighted by molar-refractivity contribution is 0.0954. The number of carbonyl (C=O) groups is 1. The highest BCUT2D eigenvalue weighted by Gasteiger charge is 2.11. The Hall–Kier alpha value is -2.14.